The third-order valence-corrected chi connectivity index (χ3v) is 5.00. The molecule has 0 fully saturated rings. The van der Waals surface area contributed by atoms with Crippen LogP contribution in [0.4, 0.5) is 5.69 Å². The van der Waals surface area contributed by atoms with E-state index in [2.05, 4.69) is 16.1 Å². The third-order valence-electron chi connectivity index (χ3n) is 5.00. The molecule has 1 aromatic carbocycles. The molecule has 0 bridgehead atoms. The van der Waals surface area contributed by atoms with Crippen LogP contribution in [-0.4, -0.2) is 55.9 Å². The van der Waals surface area contributed by atoms with E-state index in [-0.39, 0.29) is 17.6 Å². The van der Waals surface area contributed by atoms with Gasteiger partial charge in [-0.15, -0.1) is 0 Å². The first-order chi connectivity index (χ1) is 15.0. The Morgan fingerprint density at radius 2 is 1.81 bits per heavy atom. The van der Waals surface area contributed by atoms with Crippen LogP contribution in [0.3, 0.4) is 0 Å². The molecule has 0 aliphatic heterocycles. The highest BCUT2D eigenvalue weighted by Crippen LogP contribution is 2.21. The molecule has 1 rings (SSSR count). The van der Waals surface area contributed by atoms with E-state index in [9.17, 15) is 14.4 Å². The number of benzene rings is 1. The van der Waals surface area contributed by atoms with Crippen LogP contribution in [0.2, 0.25) is 0 Å². The summed E-state index contributed by atoms with van der Waals surface area (Å²) < 4.78 is 0. The van der Waals surface area contributed by atoms with Crippen molar-refractivity contribution in [3.05, 3.63) is 29.8 Å². The van der Waals surface area contributed by atoms with Crippen LogP contribution in [0, 0.1) is 5.41 Å². The number of Topliss-reactive ketones (excluding diaryl/α,β-unsaturated/α-hetero) is 1. The summed E-state index contributed by atoms with van der Waals surface area (Å²) in [5.41, 5.74) is 3.51. The molecule has 1 atom stereocenters. The molecule has 0 unspecified atom stereocenters. The summed E-state index contributed by atoms with van der Waals surface area (Å²) in [6, 6.07) is 6.60. The fourth-order valence-electron chi connectivity index (χ4n) is 2.73. The molecule has 0 radical (unpaired) electrons. The molecule has 0 saturated carbocycles. The Balaban J connectivity index is 2.42. The molecule has 0 saturated heterocycles. The van der Waals surface area contributed by atoms with E-state index < -0.39 is 11.5 Å². The zero-order chi connectivity index (χ0) is 24.1. The fourth-order valence-corrected chi connectivity index (χ4v) is 2.73. The zero-order valence-electron chi connectivity index (χ0n) is 20.1. The first kappa shape index (κ1) is 27.7. The highest BCUT2D eigenvalue weighted by molar-refractivity contribution is 5.97. The summed E-state index contributed by atoms with van der Waals surface area (Å²) in [5.74, 6) is -0.358. The number of ketones is 1. The van der Waals surface area contributed by atoms with Crippen molar-refractivity contribution >= 4 is 23.3 Å². The summed E-state index contributed by atoms with van der Waals surface area (Å²) in [6.45, 7) is 8.28. The van der Waals surface area contributed by atoms with Crippen LogP contribution < -0.4 is 16.1 Å². The van der Waals surface area contributed by atoms with Crippen LogP contribution in [-0.2, 0) is 30.7 Å². The van der Waals surface area contributed by atoms with Crippen molar-refractivity contribution in [3.63, 3.8) is 0 Å². The lowest BCUT2D eigenvalue weighted by Crippen LogP contribution is -2.47. The van der Waals surface area contributed by atoms with Crippen molar-refractivity contribution in [3.8, 4) is 0 Å². The predicted molar refractivity (Wildman–Crippen MR) is 123 cm³/mol. The van der Waals surface area contributed by atoms with E-state index >= 15 is 0 Å². The quantitative estimate of drug-likeness (QED) is 0.352. The molecule has 0 aromatic heterocycles. The van der Waals surface area contributed by atoms with Crippen LogP contribution in [0.15, 0.2) is 24.3 Å². The second kappa shape index (κ2) is 13.9. The van der Waals surface area contributed by atoms with Gasteiger partial charge in [0.1, 0.15) is 11.8 Å². The summed E-state index contributed by atoms with van der Waals surface area (Å²) >= 11 is 0. The van der Waals surface area contributed by atoms with Gasteiger partial charge in [0, 0.05) is 38.2 Å². The van der Waals surface area contributed by atoms with Gasteiger partial charge >= 0.3 is 0 Å². The van der Waals surface area contributed by atoms with Crippen LogP contribution >= 0.6 is 0 Å². The molecule has 0 spiro atoms. The van der Waals surface area contributed by atoms with Crippen LogP contribution in [0.5, 0.6) is 0 Å². The molecule has 32 heavy (non-hydrogen) atoms. The summed E-state index contributed by atoms with van der Waals surface area (Å²) in [4.78, 5) is 46.9. The molecule has 180 valence electrons. The van der Waals surface area contributed by atoms with E-state index in [1.165, 1.54) is 0 Å². The van der Waals surface area contributed by atoms with Gasteiger partial charge in [0.25, 0.3) is 0 Å². The maximum atomic E-state index is 12.7. The van der Waals surface area contributed by atoms with Crippen molar-refractivity contribution in [2.45, 2.75) is 59.6 Å². The summed E-state index contributed by atoms with van der Waals surface area (Å²) in [5, 5.41) is 7.26. The fraction of sp³-hybridized carbons (Fsp3) is 0.609. The SMILES string of the molecule is CNOCc1ccc(NC(=O)[C@@H](C)NC(=O)C(C)(C)CCON(C)CCCC(C)=O)cc1. The van der Waals surface area contributed by atoms with E-state index in [1.54, 1.807) is 45.1 Å². The van der Waals surface area contributed by atoms with Gasteiger partial charge < -0.3 is 15.4 Å². The molecular formula is C23H38N4O5. The standard InChI is InChI=1S/C23H38N4O5/c1-17(28)8-7-14-27(6)32-15-13-23(3,4)22(30)25-18(2)21(29)26-20-11-9-19(10-12-20)16-31-24-5/h9-12,18,24H,7-8,13-16H2,1-6H3,(H,25,30)(H,26,29)/t18-/m1/s1. The Kier molecular flexibility index (Phi) is 12.1. The van der Waals surface area contributed by atoms with Gasteiger partial charge in [-0.25, -0.2) is 5.48 Å². The summed E-state index contributed by atoms with van der Waals surface area (Å²) in [7, 11) is 3.50. The van der Waals surface area contributed by atoms with Gasteiger partial charge in [0.05, 0.1) is 13.2 Å². The topological polar surface area (TPSA) is 109 Å². The third kappa shape index (κ3) is 10.8. The van der Waals surface area contributed by atoms with E-state index in [0.717, 1.165) is 12.0 Å². The smallest absolute Gasteiger partial charge is 0.246 e. The highest BCUT2D eigenvalue weighted by Gasteiger charge is 2.30. The number of hydroxylamine groups is 3. The van der Waals surface area contributed by atoms with Gasteiger partial charge in [-0.05, 0) is 44.4 Å². The number of anilines is 1. The minimum atomic E-state index is -0.705. The monoisotopic (exact) mass is 450 g/mol. The zero-order valence-corrected chi connectivity index (χ0v) is 20.1. The average Bonchev–Trinajstić information content (AvgIpc) is 2.72. The molecule has 9 nitrogen and oxygen atoms in total. The molecule has 1 aromatic rings. The predicted octanol–water partition coefficient (Wildman–Crippen LogP) is 2.43. The van der Waals surface area contributed by atoms with E-state index in [1.807, 2.05) is 26.0 Å². The van der Waals surface area contributed by atoms with Gasteiger partial charge in [0.15, 0.2) is 0 Å². The Labute approximate surface area is 191 Å². The Bertz CT molecular complexity index is 736. The maximum Gasteiger partial charge on any atom is 0.246 e. The van der Waals surface area contributed by atoms with Crippen molar-refractivity contribution in [2.75, 3.05) is 32.6 Å². The molecule has 0 aliphatic rings. The number of amides is 2. The number of rotatable bonds is 15. The van der Waals surface area contributed by atoms with Crippen molar-refractivity contribution in [1.82, 2.24) is 15.9 Å². The second-order valence-electron chi connectivity index (χ2n) is 8.50. The molecule has 9 heteroatoms. The second-order valence-corrected chi connectivity index (χ2v) is 8.50. The van der Waals surface area contributed by atoms with Gasteiger partial charge in [-0.2, -0.15) is 5.06 Å². The molecule has 0 aliphatic carbocycles. The van der Waals surface area contributed by atoms with Crippen molar-refractivity contribution in [2.24, 2.45) is 5.41 Å². The van der Waals surface area contributed by atoms with Crippen molar-refractivity contribution < 1.29 is 24.1 Å². The normalized spacial score (nSPS) is 12.5. The van der Waals surface area contributed by atoms with E-state index in [4.69, 9.17) is 9.68 Å². The molecule has 2 amide bonds. The minimum Gasteiger partial charge on any atom is -0.344 e. The number of hydrogen-bond acceptors (Lipinski definition) is 7. The molecule has 0 heterocycles. The molecular weight excluding hydrogens is 412 g/mol. The number of carbonyl (C=O) groups excluding carboxylic acids is 3. The van der Waals surface area contributed by atoms with Gasteiger partial charge in [-0.3, -0.25) is 19.3 Å². The van der Waals surface area contributed by atoms with Gasteiger partial charge in [-0.1, -0.05) is 26.0 Å². The van der Waals surface area contributed by atoms with Crippen LogP contribution in [0.25, 0.3) is 0 Å². The minimum absolute atomic E-state index is 0.158. The summed E-state index contributed by atoms with van der Waals surface area (Å²) in [6.07, 6.45) is 1.74. The largest absolute Gasteiger partial charge is 0.344 e. The average molecular weight is 451 g/mol. The highest BCUT2D eigenvalue weighted by atomic mass is 16.7. The Morgan fingerprint density at radius 1 is 1.16 bits per heavy atom. The molecule has 3 N–H and O–H groups in total. The first-order valence-corrected chi connectivity index (χ1v) is 10.9. The van der Waals surface area contributed by atoms with Gasteiger partial charge in [0.2, 0.25) is 11.8 Å². The Hall–Kier alpha value is -2.33. The lowest BCUT2D eigenvalue weighted by Gasteiger charge is -2.26. The number of hydrogen-bond donors (Lipinski definition) is 3. The van der Waals surface area contributed by atoms with Crippen molar-refractivity contribution in [1.29, 1.82) is 0 Å². The Morgan fingerprint density at radius 3 is 2.41 bits per heavy atom. The maximum absolute atomic E-state index is 12.7. The number of nitrogens with zero attached hydrogens (tertiary/aromatic N) is 1. The lowest BCUT2D eigenvalue weighted by molar-refractivity contribution is -0.152. The van der Waals surface area contributed by atoms with Crippen LogP contribution in [0.1, 0.15) is 52.5 Å². The first-order valence-electron chi connectivity index (χ1n) is 10.9. The number of nitrogens with one attached hydrogen (secondary N) is 3. The van der Waals surface area contributed by atoms with E-state index in [0.29, 0.717) is 38.3 Å². The number of carbonyl (C=O) groups is 3. The lowest BCUT2D eigenvalue weighted by atomic mass is 9.88.